The molecule has 0 radical (unpaired) electrons. The lowest BCUT2D eigenvalue weighted by atomic mass is 10.1. The van der Waals surface area contributed by atoms with Gasteiger partial charge in [0.05, 0.1) is 18.4 Å². The van der Waals surface area contributed by atoms with Crippen LogP contribution in [0.25, 0.3) is 0 Å². The molecular weight excluding hydrogens is 250 g/mol. The molecule has 1 aromatic carbocycles. The molecular formula is C13H11NO5. The third-order valence-electron chi connectivity index (χ3n) is 2.73. The number of Topliss-reactive ketones (excluding diaryl/α,β-unsaturated/α-hetero) is 1. The van der Waals surface area contributed by atoms with Crippen LogP contribution in [0.15, 0.2) is 30.4 Å². The molecule has 98 valence electrons. The fourth-order valence-electron chi connectivity index (χ4n) is 1.84. The second kappa shape index (κ2) is 4.93. The lowest BCUT2D eigenvalue weighted by molar-refractivity contribution is -0.131. The van der Waals surface area contributed by atoms with Crippen LogP contribution in [-0.2, 0) is 9.59 Å². The SMILES string of the molecule is COc1ccc2c(c1)N(CC=CC(=O)O)C(=O)C2=O. The average Bonchev–Trinajstić information content (AvgIpc) is 2.63. The van der Waals surface area contributed by atoms with E-state index in [4.69, 9.17) is 9.84 Å². The van der Waals surface area contributed by atoms with Crippen molar-refractivity contribution in [1.29, 1.82) is 0 Å². The molecule has 6 nitrogen and oxygen atoms in total. The molecule has 1 amide bonds. The van der Waals surface area contributed by atoms with Crippen LogP contribution in [0.5, 0.6) is 5.75 Å². The number of rotatable bonds is 4. The standard InChI is InChI=1S/C13H11NO5/c1-19-8-4-5-9-10(7-8)14(13(18)12(9)17)6-2-3-11(15)16/h2-5,7H,6H2,1H3,(H,15,16). The van der Waals surface area contributed by atoms with E-state index >= 15 is 0 Å². The van der Waals surface area contributed by atoms with Gasteiger partial charge >= 0.3 is 5.97 Å². The number of carbonyl (C=O) groups excluding carboxylic acids is 2. The largest absolute Gasteiger partial charge is 0.497 e. The molecule has 0 aliphatic carbocycles. The number of ether oxygens (including phenoxy) is 1. The Morgan fingerprint density at radius 1 is 1.42 bits per heavy atom. The highest BCUT2D eigenvalue weighted by atomic mass is 16.5. The summed E-state index contributed by atoms with van der Waals surface area (Å²) in [4.78, 5) is 35.1. The van der Waals surface area contributed by atoms with Crippen molar-refractivity contribution in [3.63, 3.8) is 0 Å². The maximum Gasteiger partial charge on any atom is 0.328 e. The molecule has 1 aromatic rings. The zero-order valence-electron chi connectivity index (χ0n) is 10.1. The Labute approximate surface area is 108 Å². The minimum atomic E-state index is -1.11. The van der Waals surface area contributed by atoms with E-state index in [1.54, 1.807) is 12.1 Å². The Balaban J connectivity index is 2.34. The Hall–Kier alpha value is -2.63. The molecule has 0 bridgehead atoms. The van der Waals surface area contributed by atoms with Gasteiger partial charge in [-0.3, -0.25) is 9.59 Å². The molecule has 1 heterocycles. The number of hydrogen-bond donors (Lipinski definition) is 1. The Bertz CT molecular complexity index is 591. The van der Waals surface area contributed by atoms with Crippen molar-refractivity contribution in [2.24, 2.45) is 0 Å². The quantitative estimate of drug-likeness (QED) is 0.642. The van der Waals surface area contributed by atoms with Gasteiger partial charge in [-0.05, 0) is 12.1 Å². The van der Waals surface area contributed by atoms with Gasteiger partial charge in [0, 0.05) is 18.7 Å². The van der Waals surface area contributed by atoms with Crippen molar-refractivity contribution in [2.45, 2.75) is 0 Å². The van der Waals surface area contributed by atoms with Crippen molar-refractivity contribution in [3.8, 4) is 5.75 Å². The normalized spacial score (nSPS) is 14.1. The maximum atomic E-state index is 11.8. The zero-order chi connectivity index (χ0) is 14.0. The molecule has 2 rings (SSSR count). The smallest absolute Gasteiger partial charge is 0.328 e. The van der Waals surface area contributed by atoms with Crippen molar-refractivity contribution in [3.05, 3.63) is 35.9 Å². The lowest BCUT2D eigenvalue weighted by Crippen LogP contribution is -2.29. The number of anilines is 1. The summed E-state index contributed by atoms with van der Waals surface area (Å²) in [6, 6.07) is 4.70. The van der Waals surface area contributed by atoms with Gasteiger partial charge in [0.1, 0.15) is 5.75 Å². The first-order chi connectivity index (χ1) is 9.04. The van der Waals surface area contributed by atoms with E-state index < -0.39 is 17.7 Å². The van der Waals surface area contributed by atoms with E-state index in [2.05, 4.69) is 0 Å². The van der Waals surface area contributed by atoms with Gasteiger partial charge in [0.2, 0.25) is 0 Å². The average molecular weight is 261 g/mol. The summed E-state index contributed by atoms with van der Waals surface area (Å²) in [5.74, 6) is -1.85. The number of benzene rings is 1. The number of ketones is 1. The van der Waals surface area contributed by atoms with E-state index in [1.165, 1.54) is 24.2 Å². The fraction of sp³-hybridized carbons (Fsp3) is 0.154. The third-order valence-corrected chi connectivity index (χ3v) is 2.73. The van der Waals surface area contributed by atoms with Crippen LogP contribution in [0.2, 0.25) is 0 Å². The molecule has 0 saturated carbocycles. The minimum Gasteiger partial charge on any atom is -0.497 e. The topological polar surface area (TPSA) is 83.9 Å². The molecule has 19 heavy (non-hydrogen) atoms. The second-order valence-electron chi connectivity index (χ2n) is 3.87. The summed E-state index contributed by atoms with van der Waals surface area (Å²) in [6.07, 6.45) is 2.23. The van der Waals surface area contributed by atoms with Gasteiger partial charge < -0.3 is 14.7 Å². The van der Waals surface area contributed by atoms with Crippen LogP contribution in [0.4, 0.5) is 5.69 Å². The summed E-state index contributed by atoms with van der Waals surface area (Å²) >= 11 is 0. The first-order valence-electron chi connectivity index (χ1n) is 5.48. The third kappa shape index (κ3) is 2.33. The van der Waals surface area contributed by atoms with Crippen LogP contribution in [0.3, 0.4) is 0 Å². The molecule has 0 fully saturated rings. The number of fused-ring (bicyclic) bond motifs is 1. The monoisotopic (exact) mass is 261 g/mol. The Kier molecular flexibility index (Phi) is 3.33. The number of carboxylic acids is 1. The predicted octanol–water partition coefficient (Wildman–Crippen LogP) is 0.865. The number of nitrogens with zero attached hydrogens (tertiary/aromatic N) is 1. The highest BCUT2D eigenvalue weighted by Gasteiger charge is 2.35. The molecule has 0 aromatic heterocycles. The lowest BCUT2D eigenvalue weighted by Gasteiger charge is -2.14. The summed E-state index contributed by atoms with van der Waals surface area (Å²) in [5, 5.41) is 8.51. The molecule has 0 saturated heterocycles. The van der Waals surface area contributed by atoms with Gasteiger partial charge in [-0.2, -0.15) is 0 Å². The maximum absolute atomic E-state index is 11.8. The van der Waals surface area contributed by atoms with Crippen molar-refractivity contribution in [2.75, 3.05) is 18.6 Å². The minimum absolute atomic E-state index is 0.0248. The number of amides is 1. The number of carbonyl (C=O) groups is 3. The number of carboxylic acid groups (broad SMARTS) is 1. The van der Waals surface area contributed by atoms with E-state index in [1.807, 2.05) is 0 Å². The van der Waals surface area contributed by atoms with Crippen molar-refractivity contribution >= 4 is 23.3 Å². The second-order valence-corrected chi connectivity index (χ2v) is 3.87. The summed E-state index contributed by atoms with van der Waals surface area (Å²) < 4.78 is 5.04. The molecule has 0 spiro atoms. The van der Waals surface area contributed by atoms with Gasteiger partial charge in [-0.15, -0.1) is 0 Å². The molecule has 1 aliphatic heterocycles. The molecule has 0 unspecified atom stereocenters. The summed E-state index contributed by atoms with van der Waals surface area (Å²) in [5.41, 5.74) is 0.735. The van der Waals surface area contributed by atoms with E-state index in [-0.39, 0.29) is 6.54 Å². The van der Waals surface area contributed by atoms with Gasteiger partial charge in [0.25, 0.3) is 11.7 Å². The van der Waals surface area contributed by atoms with Crippen LogP contribution >= 0.6 is 0 Å². The van der Waals surface area contributed by atoms with Crippen LogP contribution < -0.4 is 9.64 Å². The van der Waals surface area contributed by atoms with Gasteiger partial charge in [0.15, 0.2) is 0 Å². The first kappa shape index (κ1) is 12.8. The molecule has 1 N–H and O–H groups in total. The van der Waals surface area contributed by atoms with Gasteiger partial charge in [-0.25, -0.2) is 4.79 Å². The van der Waals surface area contributed by atoms with Crippen LogP contribution in [0.1, 0.15) is 10.4 Å². The highest BCUT2D eigenvalue weighted by molar-refractivity contribution is 6.52. The Morgan fingerprint density at radius 3 is 2.79 bits per heavy atom. The summed E-state index contributed by atoms with van der Waals surface area (Å²) in [6.45, 7) is 0.0248. The van der Waals surface area contributed by atoms with Crippen LogP contribution in [0, 0.1) is 0 Å². The molecule has 0 atom stereocenters. The van der Waals surface area contributed by atoms with E-state index in [0.29, 0.717) is 17.0 Å². The van der Waals surface area contributed by atoms with E-state index in [0.717, 1.165) is 6.08 Å². The predicted molar refractivity (Wildman–Crippen MR) is 66.5 cm³/mol. The van der Waals surface area contributed by atoms with Crippen molar-refractivity contribution in [1.82, 2.24) is 0 Å². The zero-order valence-corrected chi connectivity index (χ0v) is 10.1. The fourth-order valence-corrected chi connectivity index (χ4v) is 1.84. The first-order valence-corrected chi connectivity index (χ1v) is 5.48. The van der Waals surface area contributed by atoms with Crippen molar-refractivity contribution < 1.29 is 24.2 Å². The van der Waals surface area contributed by atoms with Crippen LogP contribution in [-0.4, -0.2) is 36.4 Å². The molecule has 6 heteroatoms. The number of aliphatic carboxylic acids is 1. The number of methoxy groups -OCH3 is 1. The van der Waals surface area contributed by atoms with Gasteiger partial charge in [-0.1, -0.05) is 6.08 Å². The summed E-state index contributed by atoms with van der Waals surface area (Å²) in [7, 11) is 1.48. The molecule has 1 aliphatic rings. The highest BCUT2D eigenvalue weighted by Crippen LogP contribution is 2.32. The van der Waals surface area contributed by atoms with E-state index in [9.17, 15) is 14.4 Å². The number of hydrogen-bond acceptors (Lipinski definition) is 4. The Morgan fingerprint density at radius 2 is 2.16 bits per heavy atom.